The van der Waals surface area contributed by atoms with Crippen LogP contribution in [0.5, 0.6) is 0 Å². The number of nitrogens with one attached hydrogen (secondary N) is 2. The van der Waals surface area contributed by atoms with E-state index in [9.17, 15) is 14.7 Å². The van der Waals surface area contributed by atoms with Crippen molar-refractivity contribution in [1.82, 2.24) is 5.32 Å². The zero-order valence-corrected chi connectivity index (χ0v) is 24.2. The molecule has 3 N–H and O–H groups in total. The van der Waals surface area contributed by atoms with E-state index in [0.29, 0.717) is 17.3 Å². The van der Waals surface area contributed by atoms with E-state index in [-0.39, 0.29) is 6.42 Å². The summed E-state index contributed by atoms with van der Waals surface area (Å²) in [5.41, 5.74) is 0.524. The standard InChI is InChI=1S/C29H45ClN2O7/c1-4-5-6-7-8-9-10-11-12-13-18-36-27-26-25(38-29(2,3)39-26)24(37-27)22(19-23(33)34)32-28(35)31-21-16-14-20(30)15-17-21/h14-17,22,24-27H,4-13,18-19H2,1-3H3,(H,33,34)(H2,31,32,35)/t22-,24+,25-,26-,27-/m0/s1. The van der Waals surface area contributed by atoms with E-state index in [4.69, 9.17) is 30.5 Å². The number of aliphatic carboxylic acids is 1. The van der Waals surface area contributed by atoms with Crippen LogP contribution in [0.3, 0.4) is 0 Å². The number of anilines is 1. The van der Waals surface area contributed by atoms with Gasteiger partial charge in [-0.2, -0.15) is 0 Å². The average Bonchev–Trinajstić information content (AvgIpc) is 3.36. The molecule has 0 unspecified atom stereocenters. The Bertz CT molecular complexity index is 898. The Kier molecular flexibility index (Phi) is 12.8. The van der Waals surface area contributed by atoms with E-state index in [1.165, 1.54) is 51.4 Å². The van der Waals surface area contributed by atoms with Gasteiger partial charge in [-0.3, -0.25) is 4.79 Å². The zero-order chi connectivity index (χ0) is 28.3. The first-order valence-electron chi connectivity index (χ1n) is 14.4. The first-order chi connectivity index (χ1) is 18.7. The lowest BCUT2D eigenvalue weighted by molar-refractivity contribution is -0.236. The summed E-state index contributed by atoms with van der Waals surface area (Å²) in [6.45, 7) is 6.35. The maximum atomic E-state index is 12.7. The van der Waals surface area contributed by atoms with Crippen molar-refractivity contribution < 1.29 is 33.6 Å². The number of urea groups is 1. The minimum Gasteiger partial charge on any atom is -0.481 e. The van der Waals surface area contributed by atoms with Crippen LogP contribution in [-0.4, -0.2) is 60.1 Å². The third-order valence-corrected chi connectivity index (χ3v) is 7.29. The highest BCUT2D eigenvalue weighted by molar-refractivity contribution is 6.30. The van der Waals surface area contributed by atoms with Gasteiger partial charge in [-0.25, -0.2) is 4.79 Å². The summed E-state index contributed by atoms with van der Waals surface area (Å²) >= 11 is 5.91. The van der Waals surface area contributed by atoms with Gasteiger partial charge in [-0.15, -0.1) is 0 Å². The molecule has 0 spiro atoms. The van der Waals surface area contributed by atoms with Gasteiger partial charge >= 0.3 is 12.0 Å². The van der Waals surface area contributed by atoms with Gasteiger partial charge in [0.05, 0.1) is 12.5 Å². The van der Waals surface area contributed by atoms with Gasteiger partial charge in [-0.1, -0.05) is 76.3 Å². The Morgan fingerprint density at radius 3 is 2.18 bits per heavy atom. The lowest BCUT2D eigenvalue weighted by Gasteiger charge is -2.29. The monoisotopic (exact) mass is 568 g/mol. The number of ether oxygens (including phenoxy) is 4. The van der Waals surface area contributed by atoms with Crippen LogP contribution < -0.4 is 10.6 Å². The molecule has 0 bridgehead atoms. The molecule has 1 aromatic rings. The molecule has 2 fully saturated rings. The number of benzene rings is 1. The van der Waals surface area contributed by atoms with Gasteiger partial charge in [0.1, 0.15) is 18.3 Å². The number of halogens is 1. The van der Waals surface area contributed by atoms with Crippen LogP contribution in [0, 0.1) is 0 Å². The third kappa shape index (κ3) is 10.5. The molecule has 3 rings (SSSR count). The molecular weight excluding hydrogens is 524 g/mol. The van der Waals surface area contributed by atoms with Crippen molar-refractivity contribution in [2.75, 3.05) is 11.9 Å². The van der Waals surface area contributed by atoms with Crippen LogP contribution in [0.1, 0.15) is 91.4 Å². The Morgan fingerprint density at radius 2 is 1.56 bits per heavy atom. The lowest BCUT2D eigenvalue weighted by atomic mass is 10.0. The number of rotatable bonds is 17. The third-order valence-electron chi connectivity index (χ3n) is 7.04. The normalized spacial score (nSPS) is 24.3. The fourth-order valence-corrected chi connectivity index (χ4v) is 5.27. The molecule has 0 saturated carbocycles. The zero-order valence-electron chi connectivity index (χ0n) is 23.5. The number of carboxylic acids is 1. The number of unbranched alkanes of at least 4 members (excludes halogenated alkanes) is 9. The first-order valence-corrected chi connectivity index (χ1v) is 14.7. The molecule has 10 heteroatoms. The van der Waals surface area contributed by atoms with Crippen molar-refractivity contribution in [3.05, 3.63) is 29.3 Å². The van der Waals surface area contributed by atoms with Gasteiger partial charge in [0.15, 0.2) is 12.1 Å². The molecule has 0 aromatic heterocycles. The van der Waals surface area contributed by atoms with Crippen LogP contribution in [-0.2, 0) is 23.7 Å². The second-order valence-corrected chi connectivity index (χ2v) is 11.3. The highest BCUT2D eigenvalue weighted by Gasteiger charge is 2.58. The summed E-state index contributed by atoms with van der Waals surface area (Å²) in [7, 11) is 0. The van der Waals surface area contributed by atoms with Crippen LogP contribution in [0.4, 0.5) is 10.5 Å². The predicted octanol–water partition coefficient (Wildman–Crippen LogP) is 6.49. The van der Waals surface area contributed by atoms with E-state index in [1.807, 2.05) is 0 Å². The fraction of sp³-hybridized carbons (Fsp3) is 0.724. The maximum Gasteiger partial charge on any atom is 0.319 e. The quantitative estimate of drug-likeness (QED) is 0.184. The highest BCUT2D eigenvalue weighted by atomic mass is 35.5. The molecule has 5 atom stereocenters. The number of hydrogen-bond acceptors (Lipinski definition) is 6. The molecule has 0 radical (unpaired) electrons. The average molecular weight is 569 g/mol. The van der Waals surface area contributed by atoms with Crippen molar-refractivity contribution in [3.63, 3.8) is 0 Å². The van der Waals surface area contributed by atoms with Gasteiger partial charge in [0, 0.05) is 17.3 Å². The van der Waals surface area contributed by atoms with Crippen molar-refractivity contribution in [3.8, 4) is 0 Å². The van der Waals surface area contributed by atoms with Crippen LogP contribution in [0.15, 0.2) is 24.3 Å². The number of hydrogen-bond donors (Lipinski definition) is 3. The number of fused-ring (bicyclic) bond motifs is 1. The smallest absolute Gasteiger partial charge is 0.319 e. The summed E-state index contributed by atoms with van der Waals surface area (Å²) < 4.78 is 24.4. The van der Waals surface area contributed by atoms with Crippen molar-refractivity contribution in [2.45, 2.75) is 128 Å². The highest BCUT2D eigenvalue weighted by Crippen LogP contribution is 2.40. The minimum atomic E-state index is -1.07. The molecule has 2 aliphatic heterocycles. The largest absolute Gasteiger partial charge is 0.481 e. The number of amides is 2. The fourth-order valence-electron chi connectivity index (χ4n) is 5.14. The molecule has 9 nitrogen and oxygen atoms in total. The second-order valence-electron chi connectivity index (χ2n) is 10.9. The van der Waals surface area contributed by atoms with E-state index in [2.05, 4.69) is 17.6 Å². The minimum absolute atomic E-state index is 0.350. The van der Waals surface area contributed by atoms with Gasteiger partial charge < -0.3 is 34.7 Å². The molecule has 2 amide bonds. The Labute approximate surface area is 237 Å². The molecular formula is C29H45ClN2O7. The predicted molar refractivity (Wildman–Crippen MR) is 150 cm³/mol. The van der Waals surface area contributed by atoms with Gasteiger partial charge in [0.2, 0.25) is 0 Å². The Morgan fingerprint density at radius 1 is 0.974 bits per heavy atom. The van der Waals surface area contributed by atoms with E-state index >= 15 is 0 Å². The molecule has 2 aliphatic rings. The summed E-state index contributed by atoms with van der Waals surface area (Å²) in [5.74, 6) is -1.95. The number of carboxylic acid groups (broad SMARTS) is 1. The van der Waals surface area contributed by atoms with Gasteiger partial charge in [0.25, 0.3) is 0 Å². The Balaban J connectivity index is 1.50. The molecule has 220 valence electrons. The molecule has 1 aromatic carbocycles. The van der Waals surface area contributed by atoms with E-state index < -0.39 is 48.4 Å². The molecule has 2 saturated heterocycles. The molecule has 39 heavy (non-hydrogen) atoms. The van der Waals surface area contributed by atoms with Crippen LogP contribution >= 0.6 is 11.6 Å². The number of carbonyl (C=O) groups is 2. The maximum absolute atomic E-state index is 12.7. The Hall–Kier alpha value is -1.91. The summed E-state index contributed by atoms with van der Waals surface area (Å²) in [4.78, 5) is 24.4. The topological polar surface area (TPSA) is 115 Å². The summed E-state index contributed by atoms with van der Waals surface area (Å²) in [6, 6.07) is 5.19. The van der Waals surface area contributed by atoms with Crippen LogP contribution in [0.25, 0.3) is 0 Å². The summed E-state index contributed by atoms with van der Waals surface area (Å²) in [6.07, 6.45) is 9.35. The second kappa shape index (κ2) is 15.8. The summed E-state index contributed by atoms with van der Waals surface area (Å²) in [5, 5.41) is 15.5. The molecule has 0 aliphatic carbocycles. The van der Waals surface area contributed by atoms with E-state index in [1.54, 1.807) is 38.1 Å². The van der Waals surface area contributed by atoms with Crippen molar-refractivity contribution in [2.24, 2.45) is 0 Å². The first kappa shape index (κ1) is 31.6. The van der Waals surface area contributed by atoms with Crippen molar-refractivity contribution >= 4 is 29.3 Å². The molecule has 2 heterocycles. The SMILES string of the molecule is CCCCCCCCCCCCO[C@H]1O[C@H]([C@H](CC(=O)O)NC(=O)Nc2ccc(Cl)cc2)[C@@H]2OC(C)(C)O[C@H]12. The van der Waals surface area contributed by atoms with Gasteiger partial charge in [-0.05, 0) is 44.5 Å². The van der Waals surface area contributed by atoms with Crippen LogP contribution in [0.2, 0.25) is 5.02 Å². The van der Waals surface area contributed by atoms with E-state index in [0.717, 1.165) is 12.8 Å². The lowest BCUT2D eigenvalue weighted by Crippen LogP contribution is -2.51. The van der Waals surface area contributed by atoms with Crippen molar-refractivity contribution in [1.29, 1.82) is 0 Å². The number of carbonyl (C=O) groups excluding carboxylic acids is 1.